The molecule has 0 atom stereocenters. The van der Waals surface area contributed by atoms with Gasteiger partial charge in [0.2, 0.25) is 5.88 Å². The number of aromatic hydroxyl groups is 3. The van der Waals surface area contributed by atoms with Crippen LogP contribution in [-0.4, -0.2) is 119 Å². The van der Waals surface area contributed by atoms with Crippen LogP contribution in [-0.2, 0) is 60.7 Å². The molecule has 1 aromatic heterocycles. The summed E-state index contributed by atoms with van der Waals surface area (Å²) in [6, 6.07) is 9.49. The third-order valence-corrected chi connectivity index (χ3v) is 17.3. The van der Waals surface area contributed by atoms with Crippen LogP contribution in [0, 0.1) is 17.0 Å². The molecule has 0 aliphatic carbocycles. The van der Waals surface area contributed by atoms with Crippen LogP contribution in [0.4, 0.5) is 56.9 Å². The summed E-state index contributed by atoms with van der Waals surface area (Å²) in [6.45, 7) is 1.27. The van der Waals surface area contributed by atoms with Gasteiger partial charge >= 0.3 is 5.97 Å². The number of carbonyl (C=O) groups is 1. The number of aryl methyl sites for hydroxylation is 1. The van der Waals surface area contributed by atoms with Gasteiger partial charge in [-0.3, -0.25) is 37.4 Å². The Morgan fingerprint density at radius 3 is 1.66 bits per heavy atom. The van der Waals surface area contributed by atoms with Crippen LogP contribution in [0.1, 0.15) is 16.1 Å². The Bertz CT molecular complexity index is 5260. The number of hydrogen-bond acceptors (Lipinski definition) is 28. The third-order valence-electron chi connectivity index (χ3n) is 11.7. The summed E-state index contributed by atoms with van der Waals surface area (Å²) < 4.78 is 213. The molecule has 0 amide bonds. The van der Waals surface area contributed by atoms with Gasteiger partial charge < -0.3 is 26.2 Å². The minimum absolute atomic E-state index is 0.129. The number of carboxylic acids is 1. The molecule has 0 fully saturated rings. The molecule has 1 heterocycles. The highest BCUT2D eigenvalue weighted by Gasteiger charge is 2.32. The van der Waals surface area contributed by atoms with Crippen LogP contribution in [0.5, 0.6) is 17.4 Å². The van der Waals surface area contributed by atoms with Gasteiger partial charge in [0, 0.05) is 28.3 Å². The van der Waals surface area contributed by atoms with Gasteiger partial charge in [-0.15, -0.1) is 35.8 Å². The first-order valence-electron chi connectivity index (χ1n) is 22.3. The molecule has 8 aromatic rings. The molecule has 8 rings (SSSR count). The molecule has 0 radical (unpaired) electrons. The summed E-state index contributed by atoms with van der Waals surface area (Å²) in [6.07, 6.45) is 0. The van der Waals surface area contributed by atoms with Gasteiger partial charge in [0.15, 0.2) is 17.2 Å². The number of nitro benzene ring substituents is 1. The summed E-state index contributed by atoms with van der Waals surface area (Å²) in [5.41, 5.74) is -3.85. The molecule has 7 aromatic carbocycles. The fraction of sp³-hybridized carbons (Fsp3) is 0.0233. The molecule has 87 heavy (non-hydrogen) atoms. The Labute approximate surface area is 489 Å². The van der Waals surface area contributed by atoms with Crippen LogP contribution in [0.3, 0.4) is 0 Å². The zero-order valence-corrected chi connectivity index (χ0v) is 47.7. The average molecular weight is 1340 g/mol. The first-order chi connectivity index (χ1) is 40.1. The van der Waals surface area contributed by atoms with Crippen LogP contribution < -0.4 is 5.73 Å². The highest BCUT2D eigenvalue weighted by Crippen LogP contribution is 2.50. The number of non-ortho nitro benzene ring substituents is 1. The zero-order chi connectivity index (χ0) is 64.6. The first-order valence-corrected chi connectivity index (χ1v) is 31.3. The van der Waals surface area contributed by atoms with Crippen LogP contribution in [0.15, 0.2) is 155 Å². The van der Waals surface area contributed by atoms with Gasteiger partial charge in [0.25, 0.3) is 66.4 Å². The van der Waals surface area contributed by atoms with Crippen molar-refractivity contribution in [1.82, 2.24) is 9.78 Å². The number of hydrogen-bond donors (Lipinski definition) is 11. The number of phenols is 2. The van der Waals surface area contributed by atoms with Gasteiger partial charge in [-0.1, -0.05) is 11.6 Å². The van der Waals surface area contributed by atoms with Gasteiger partial charge in [0.05, 0.1) is 48.5 Å². The molecule has 0 unspecified atom stereocenters. The standard InChI is InChI=1S/C43H29ClN12O25S6/c1-16-36(42(59)55(54-16)29-12-19(82(64,65)66)4-6-24(29)44)51-48-26-7-2-17(10-31(26)84(70,71)72)46-52-37-32(85(73,74)75)13-21-20(39(37)57)5-9-27(41(21)87(79,80)81)49-50-28-15-30(83(67,68)69)23-14-33(86(76,77)78)38(40(58)34(23)35(28)45)53-47-25-8-3-18(56(62)63)11-22(25)43(60)61/h2-15,57-59H,45H2,1H3,(H,60,61)(H,64,65,66)(H,67,68,69)(H,70,71,72)(H,73,74,75)(H,76,77,78)(H,79,80,81). The van der Waals surface area contributed by atoms with Gasteiger partial charge in [0.1, 0.15) is 58.6 Å². The highest BCUT2D eigenvalue weighted by atomic mass is 35.5. The van der Waals surface area contributed by atoms with Crippen LogP contribution in [0.25, 0.3) is 27.2 Å². The van der Waals surface area contributed by atoms with E-state index in [1.54, 1.807) is 0 Å². The number of nitro groups is 1. The van der Waals surface area contributed by atoms with Crippen molar-refractivity contribution in [3.8, 4) is 23.1 Å². The number of nitrogens with two attached hydrogens (primary N) is 1. The summed E-state index contributed by atoms with van der Waals surface area (Å²) in [4.78, 5) is 14.7. The molecular weight excluding hydrogens is 1310 g/mol. The lowest BCUT2D eigenvalue weighted by Crippen LogP contribution is -2.04. The molecule has 44 heteroatoms. The molecule has 37 nitrogen and oxygen atoms in total. The lowest BCUT2D eigenvalue weighted by Gasteiger charge is -2.15. The lowest BCUT2D eigenvalue weighted by atomic mass is 10.0. The van der Waals surface area contributed by atoms with Crippen LogP contribution in [0.2, 0.25) is 5.02 Å². The first kappa shape index (κ1) is 63.5. The number of carboxylic acid groups (broad SMARTS) is 1. The number of halogens is 1. The minimum atomic E-state index is -5.76. The Morgan fingerprint density at radius 1 is 0.552 bits per heavy atom. The van der Waals surface area contributed by atoms with E-state index < -0.39 is 202 Å². The molecule has 12 N–H and O–H groups in total. The Morgan fingerprint density at radius 2 is 1.08 bits per heavy atom. The van der Waals surface area contributed by atoms with Crippen molar-refractivity contribution in [2.24, 2.45) is 40.9 Å². The summed E-state index contributed by atoms with van der Waals surface area (Å²) in [5.74, 6) is -5.54. The summed E-state index contributed by atoms with van der Waals surface area (Å²) in [7, 11) is -32.8. The van der Waals surface area contributed by atoms with E-state index in [0.717, 1.165) is 48.5 Å². The predicted octanol–water partition coefficient (Wildman–Crippen LogP) is 8.59. The van der Waals surface area contributed by atoms with Gasteiger partial charge in [-0.05, 0) is 79.7 Å². The second-order valence-corrected chi connectivity index (χ2v) is 26.0. The summed E-state index contributed by atoms with van der Waals surface area (Å²) in [5, 5.41) is 83.8. The molecule has 0 saturated carbocycles. The van der Waals surface area contributed by atoms with E-state index in [0.29, 0.717) is 35.0 Å². The normalized spacial score (nSPS) is 13.1. The van der Waals surface area contributed by atoms with E-state index in [9.17, 15) is 113 Å². The Hall–Kier alpha value is -9.51. The monoisotopic (exact) mass is 1340 g/mol. The van der Waals surface area contributed by atoms with Crippen molar-refractivity contribution >= 4 is 157 Å². The number of benzene rings is 7. The van der Waals surface area contributed by atoms with Gasteiger partial charge in [-0.25, -0.2) is 4.79 Å². The second-order valence-electron chi connectivity index (χ2n) is 17.2. The molecule has 454 valence electrons. The number of aromatic carboxylic acids is 1. The molecular formula is C43H29ClN12O25S6. The average Bonchev–Trinajstić information content (AvgIpc) is 1.51. The second kappa shape index (κ2) is 22.4. The van der Waals surface area contributed by atoms with E-state index in [4.69, 9.17) is 17.3 Å². The fourth-order valence-electron chi connectivity index (χ4n) is 7.90. The van der Waals surface area contributed by atoms with Gasteiger partial charge in [-0.2, -0.15) is 65.4 Å². The van der Waals surface area contributed by atoms with Crippen molar-refractivity contribution < 1.29 is 108 Å². The van der Waals surface area contributed by atoms with Crippen molar-refractivity contribution in [2.45, 2.75) is 36.3 Å². The number of nitrogens with zero attached hydrogens (tertiary/aromatic N) is 11. The smallest absolute Gasteiger partial charge is 0.338 e. The molecule has 0 aliphatic rings. The molecule has 0 spiro atoms. The molecule has 0 saturated heterocycles. The maximum absolute atomic E-state index is 13.1. The van der Waals surface area contributed by atoms with E-state index in [1.165, 1.54) is 6.92 Å². The number of aromatic nitrogens is 2. The lowest BCUT2D eigenvalue weighted by molar-refractivity contribution is -0.384. The predicted molar refractivity (Wildman–Crippen MR) is 293 cm³/mol. The number of anilines is 1. The number of rotatable bonds is 17. The Kier molecular flexibility index (Phi) is 16.4. The molecule has 0 bridgehead atoms. The van der Waals surface area contributed by atoms with E-state index >= 15 is 0 Å². The fourth-order valence-corrected chi connectivity index (χ4v) is 12.1. The largest absolute Gasteiger partial charge is 0.505 e. The number of phenolic OH excluding ortho intramolecular Hbond substituents is 2. The van der Waals surface area contributed by atoms with Crippen molar-refractivity contribution in [3.63, 3.8) is 0 Å². The Balaban J connectivity index is 1.22. The maximum Gasteiger partial charge on any atom is 0.338 e. The molecule has 0 aliphatic heterocycles. The number of fused-ring (bicyclic) bond motifs is 2. The van der Waals surface area contributed by atoms with Crippen molar-refractivity contribution in [2.75, 3.05) is 5.73 Å². The third kappa shape index (κ3) is 12.7. The summed E-state index contributed by atoms with van der Waals surface area (Å²) >= 11 is 6.17. The number of azo groups is 4. The van der Waals surface area contributed by atoms with E-state index in [-0.39, 0.29) is 22.5 Å². The highest BCUT2D eigenvalue weighted by molar-refractivity contribution is 7.87. The maximum atomic E-state index is 13.1. The van der Waals surface area contributed by atoms with E-state index in [2.05, 4.69) is 46.0 Å². The van der Waals surface area contributed by atoms with E-state index in [1.807, 2.05) is 0 Å². The van der Waals surface area contributed by atoms with Crippen molar-refractivity contribution in [3.05, 3.63) is 111 Å². The SMILES string of the molecule is Cc1nn(-c2cc(S(=O)(=O)O)ccc2Cl)c(O)c1N=Nc1ccc(N=Nc2c(S(=O)(=O)O)cc3c(S(=O)(=O)O)c(N=Nc4cc(S(=O)(=O)O)c5cc(S(=O)(=O)O)c(N=Nc6ccc([N+](=O)[O-])cc6C(=O)O)c(O)c5c4N)ccc3c2O)cc1S(=O)(=O)O. The van der Waals surface area contributed by atoms with Crippen molar-refractivity contribution in [1.29, 1.82) is 0 Å². The zero-order valence-electron chi connectivity index (χ0n) is 42.0. The number of nitrogen functional groups attached to an aromatic ring is 1. The minimum Gasteiger partial charge on any atom is -0.505 e. The topological polar surface area (TPSA) is 610 Å². The van der Waals surface area contributed by atoms with Crippen LogP contribution >= 0.6 is 11.6 Å². The quantitative estimate of drug-likeness (QED) is 0.0134.